The van der Waals surface area contributed by atoms with Crippen LogP contribution in [0, 0.1) is 0 Å². The van der Waals surface area contributed by atoms with Crippen LogP contribution in [0.3, 0.4) is 0 Å². The molecule has 0 bridgehead atoms. The van der Waals surface area contributed by atoms with Gasteiger partial charge in [0.05, 0.1) is 5.02 Å². The van der Waals surface area contributed by atoms with Crippen LogP contribution < -0.4 is 10.1 Å². The highest BCUT2D eigenvalue weighted by Crippen LogP contribution is 2.32. The zero-order chi connectivity index (χ0) is 15.4. The largest absolute Gasteiger partial charge is 0.482 e. The summed E-state index contributed by atoms with van der Waals surface area (Å²) in [6.07, 6.45) is -0.372. The van der Waals surface area contributed by atoms with Gasteiger partial charge in [0.15, 0.2) is 5.01 Å². The Kier molecular flexibility index (Phi) is 5.64. The van der Waals surface area contributed by atoms with E-state index < -0.39 is 0 Å². The minimum Gasteiger partial charge on any atom is -0.482 e. The van der Waals surface area contributed by atoms with Crippen LogP contribution in [0.5, 0.6) is 5.75 Å². The van der Waals surface area contributed by atoms with Crippen molar-refractivity contribution >= 4 is 57.2 Å². The molecule has 0 aliphatic rings. The molecular weight excluding hydrogens is 357 g/mol. The number of aromatic nitrogens is 2. The summed E-state index contributed by atoms with van der Waals surface area (Å²) in [7, 11) is 0. The molecule has 21 heavy (non-hydrogen) atoms. The van der Waals surface area contributed by atoms with E-state index in [0.717, 1.165) is 0 Å². The molecule has 1 aromatic heterocycles. The Labute approximate surface area is 140 Å². The van der Waals surface area contributed by atoms with Gasteiger partial charge in [-0.1, -0.05) is 34.5 Å². The lowest BCUT2D eigenvalue weighted by Gasteiger charge is -2.12. The quantitative estimate of drug-likeness (QED) is 0.807. The summed E-state index contributed by atoms with van der Waals surface area (Å²) in [5.74, 6) is 0.0187. The third kappa shape index (κ3) is 4.44. The standard InChI is InChI=1S/C12H10Cl3N3O2S/c1-6(20-9-3-2-7(14)4-8(9)15)11-17-18-12(21-11)16-10(19)5-13/h2-4,6H,5H2,1H3,(H,16,18,19). The van der Waals surface area contributed by atoms with Gasteiger partial charge in [-0.3, -0.25) is 10.1 Å². The van der Waals surface area contributed by atoms with Crippen LogP contribution in [0.1, 0.15) is 18.0 Å². The highest BCUT2D eigenvalue weighted by molar-refractivity contribution is 7.15. The summed E-state index contributed by atoms with van der Waals surface area (Å²) in [4.78, 5) is 11.2. The number of hydrogen-bond acceptors (Lipinski definition) is 5. The maximum Gasteiger partial charge on any atom is 0.241 e. The van der Waals surface area contributed by atoms with Crippen LogP contribution in [-0.4, -0.2) is 22.0 Å². The molecule has 1 unspecified atom stereocenters. The molecule has 1 aromatic carbocycles. The highest BCUT2D eigenvalue weighted by atomic mass is 35.5. The number of halogens is 3. The van der Waals surface area contributed by atoms with E-state index in [4.69, 9.17) is 39.5 Å². The van der Waals surface area contributed by atoms with Crippen LogP contribution in [0.15, 0.2) is 18.2 Å². The zero-order valence-corrected chi connectivity index (χ0v) is 13.9. The number of anilines is 1. The van der Waals surface area contributed by atoms with Crippen molar-refractivity contribution in [1.82, 2.24) is 10.2 Å². The van der Waals surface area contributed by atoms with Crippen LogP contribution in [0.2, 0.25) is 10.0 Å². The van der Waals surface area contributed by atoms with Gasteiger partial charge in [0.2, 0.25) is 11.0 Å². The normalized spacial score (nSPS) is 12.0. The van der Waals surface area contributed by atoms with E-state index in [2.05, 4.69) is 15.5 Å². The van der Waals surface area contributed by atoms with Gasteiger partial charge in [-0.25, -0.2) is 0 Å². The first kappa shape index (κ1) is 16.3. The predicted octanol–water partition coefficient (Wildman–Crippen LogP) is 4.16. The Bertz CT molecular complexity index is 650. The Morgan fingerprint density at radius 2 is 2.19 bits per heavy atom. The summed E-state index contributed by atoms with van der Waals surface area (Å²) in [6, 6.07) is 4.96. The SMILES string of the molecule is CC(Oc1ccc(Cl)cc1Cl)c1nnc(NC(=O)CCl)s1. The first-order chi connectivity index (χ1) is 9.99. The number of ether oxygens (including phenoxy) is 1. The molecule has 0 fully saturated rings. The number of carbonyl (C=O) groups excluding carboxylic acids is 1. The molecule has 1 atom stereocenters. The molecule has 5 nitrogen and oxygen atoms in total. The second kappa shape index (κ2) is 7.26. The van der Waals surface area contributed by atoms with Crippen molar-refractivity contribution in [2.45, 2.75) is 13.0 Å². The molecule has 0 radical (unpaired) electrons. The molecule has 1 heterocycles. The number of nitrogens with zero attached hydrogens (tertiary/aromatic N) is 2. The Hall–Kier alpha value is -1.08. The van der Waals surface area contributed by atoms with Crippen molar-refractivity contribution in [1.29, 1.82) is 0 Å². The number of carbonyl (C=O) groups is 1. The molecule has 0 aliphatic heterocycles. The maximum atomic E-state index is 11.2. The van der Waals surface area contributed by atoms with E-state index in [1.807, 2.05) is 0 Å². The molecule has 0 aliphatic carbocycles. The van der Waals surface area contributed by atoms with Crippen molar-refractivity contribution in [2.75, 3.05) is 11.2 Å². The molecule has 2 aromatic rings. The molecule has 9 heteroatoms. The van der Waals surface area contributed by atoms with Gasteiger partial charge >= 0.3 is 0 Å². The van der Waals surface area contributed by atoms with Crippen molar-refractivity contribution in [2.24, 2.45) is 0 Å². The van der Waals surface area contributed by atoms with E-state index >= 15 is 0 Å². The minimum absolute atomic E-state index is 0.138. The molecule has 0 saturated heterocycles. The maximum absolute atomic E-state index is 11.2. The van der Waals surface area contributed by atoms with E-state index in [-0.39, 0.29) is 17.9 Å². The van der Waals surface area contributed by atoms with Crippen LogP contribution >= 0.6 is 46.1 Å². The Balaban J connectivity index is 2.06. The fraction of sp³-hybridized carbons (Fsp3) is 0.250. The van der Waals surface area contributed by atoms with Crippen molar-refractivity contribution in [3.63, 3.8) is 0 Å². The van der Waals surface area contributed by atoms with Crippen molar-refractivity contribution < 1.29 is 9.53 Å². The Morgan fingerprint density at radius 3 is 2.86 bits per heavy atom. The second-order valence-corrected chi connectivity index (χ2v) is 6.08. The molecule has 0 spiro atoms. The van der Waals surface area contributed by atoms with E-state index in [9.17, 15) is 4.79 Å². The lowest BCUT2D eigenvalue weighted by atomic mass is 10.3. The number of nitrogens with one attached hydrogen (secondary N) is 1. The molecular formula is C12H10Cl3N3O2S. The van der Waals surface area contributed by atoms with E-state index in [0.29, 0.717) is 25.9 Å². The fourth-order valence-electron chi connectivity index (χ4n) is 1.41. The van der Waals surface area contributed by atoms with Gasteiger partial charge in [-0.2, -0.15) is 0 Å². The summed E-state index contributed by atoms with van der Waals surface area (Å²) in [5, 5.41) is 12.2. The lowest BCUT2D eigenvalue weighted by Crippen LogP contribution is -2.12. The topological polar surface area (TPSA) is 64.1 Å². The third-order valence-corrected chi connectivity index (χ3v) is 4.13. The van der Waals surface area contributed by atoms with Crippen LogP contribution in [-0.2, 0) is 4.79 Å². The number of rotatable bonds is 5. The predicted molar refractivity (Wildman–Crippen MR) is 84.8 cm³/mol. The molecule has 112 valence electrons. The van der Waals surface area contributed by atoms with Gasteiger partial charge in [-0.15, -0.1) is 21.8 Å². The van der Waals surface area contributed by atoms with Gasteiger partial charge in [0.1, 0.15) is 17.7 Å². The van der Waals surface area contributed by atoms with Gasteiger partial charge < -0.3 is 4.74 Å². The van der Waals surface area contributed by atoms with Gasteiger partial charge in [0, 0.05) is 5.02 Å². The smallest absolute Gasteiger partial charge is 0.241 e. The zero-order valence-electron chi connectivity index (χ0n) is 10.8. The first-order valence-electron chi connectivity index (χ1n) is 5.80. The van der Waals surface area contributed by atoms with Crippen molar-refractivity contribution in [3.8, 4) is 5.75 Å². The molecule has 1 N–H and O–H groups in total. The van der Waals surface area contributed by atoms with E-state index in [1.54, 1.807) is 25.1 Å². The number of hydrogen-bond donors (Lipinski definition) is 1. The Morgan fingerprint density at radius 1 is 1.43 bits per heavy atom. The molecule has 0 saturated carbocycles. The summed E-state index contributed by atoms with van der Waals surface area (Å²) in [6.45, 7) is 1.80. The average molecular weight is 367 g/mol. The number of alkyl halides is 1. The number of amides is 1. The highest BCUT2D eigenvalue weighted by Gasteiger charge is 2.16. The second-order valence-electron chi connectivity index (χ2n) is 3.96. The minimum atomic E-state index is -0.372. The molecule has 2 rings (SSSR count). The number of benzene rings is 1. The summed E-state index contributed by atoms with van der Waals surface area (Å²) >= 11 is 18.5. The first-order valence-corrected chi connectivity index (χ1v) is 7.91. The monoisotopic (exact) mass is 365 g/mol. The third-order valence-electron chi connectivity index (χ3n) is 2.35. The molecule has 1 amide bonds. The van der Waals surface area contributed by atoms with Gasteiger partial charge in [-0.05, 0) is 25.1 Å². The summed E-state index contributed by atoms with van der Waals surface area (Å²) < 4.78 is 5.71. The fourth-order valence-corrected chi connectivity index (χ4v) is 2.67. The summed E-state index contributed by atoms with van der Waals surface area (Å²) in [5.41, 5.74) is 0. The van der Waals surface area contributed by atoms with E-state index in [1.165, 1.54) is 11.3 Å². The van der Waals surface area contributed by atoms with Gasteiger partial charge in [0.25, 0.3) is 0 Å². The van der Waals surface area contributed by atoms with Crippen LogP contribution in [0.25, 0.3) is 0 Å². The van der Waals surface area contributed by atoms with Crippen LogP contribution in [0.4, 0.5) is 5.13 Å². The lowest BCUT2D eigenvalue weighted by molar-refractivity contribution is -0.113. The average Bonchev–Trinajstić information content (AvgIpc) is 2.90. The van der Waals surface area contributed by atoms with Crippen molar-refractivity contribution in [3.05, 3.63) is 33.3 Å².